The number of pyridine rings is 1. The van der Waals surface area contributed by atoms with E-state index in [0.29, 0.717) is 45.9 Å². The van der Waals surface area contributed by atoms with Crippen LogP contribution in [0.25, 0.3) is 11.0 Å². The highest BCUT2D eigenvalue weighted by atomic mass is 32.2. The number of Topliss-reactive ketones (excluding diaryl/α,β-unsaturated/α-hetero) is 1. The van der Waals surface area contributed by atoms with Crippen LogP contribution in [0.3, 0.4) is 0 Å². The second-order valence-electron chi connectivity index (χ2n) is 8.75. The molecule has 1 aliphatic heterocycles. The fraction of sp³-hybridized carbons (Fsp3) is 0.391. The number of hydrogen-bond donors (Lipinski definition) is 1. The third kappa shape index (κ3) is 3.81. The largest absolute Gasteiger partial charge is 0.322 e. The minimum Gasteiger partial charge on any atom is -0.322 e. The van der Waals surface area contributed by atoms with E-state index >= 15 is 0 Å². The van der Waals surface area contributed by atoms with Gasteiger partial charge in [0.2, 0.25) is 0 Å². The van der Waals surface area contributed by atoms with Gasteiger partial charge in [0.25, 0.3) is 5.91 Å². The molecule has 2 aromatic heterocycles. The van der Waals surface area contributed by atoms with Crippen molar-refractivity contribution in [3.63, 3.8) is 0 Å². The highest BCUT2D eigenvalue weighted by molar-refractivity contribution is 7.91. The maximum absolute atomic E-state index is 13.3. The molecule has 5 rings (SSSR count). The summed E-state index contributed by atoms with van der Waals surface area (Å²) in [5, 5.41) is 8.15. The molecule has 1 aliphatic carbocycles. The summed E-state index contributed by atoms with van der Waals surface area (Å²) in [6.45, 7) is 3.30. The third-order valence-electron chi connectivity index (χ3n) is 6.18. The number of aromatic nitrogens is 3. The zero-order chi connectivity index (χ0) is 22.6. The number of aryl methyl sites for hydroxylation is 1. The van der Waals surface area contributed by atoms with Gasteiger partial charge < -0.3 is 5.32 Å². The molecule has 1 aromatic carbocycles. The fourth-order valence-corrected chi connectivity index (χ4v) is 6.03. The molecule has 1 N–H and O–H groups in total. The van der Waals surface area contributed by atoms with Crippen molar-refractivity contribution < 1.29 is 18.0 Å². The second kappa shape index (κ2) is 7.51. The molecule has 0 bridgehead atoms. The first kappa shape index (κ1) is 20.8. The van der Waals surface area contributed by atoms with E-state index in [2.05, 4.69) is 10.4 Å². The van der Waals surface area contributed by atoms with Crippen LogP contribution >= 0.6 is 0 Å². The molecule has 3 heterocycles. The maximum atomic E-state index is 13.3. The first-order valence-electron chi connectivity index (χ1n) is 10.7. The van der Waals surface area contributed by atoms with Crippen molar-refractivity contribution in [1.29, 1.82) is 0 Å². The number of amides is 1. The Bertz CT molecular complexity index is 1370. The van der Waals surface area contributed by atoms with Crippen LogP contribution in [0.5, 0.6) is 0 Å². The topological polar surface area (TPSA) is 111 Å². The number of nitrogens with one attached hydrogen (secondary N) is 1. The van der Waals surface area contributed by atoms with Gasteiger partial charge in [0.05, 0.1) is 34.2 Å². The number of hydrogen-bond acceptors (Lipinski definition) is 6. The van der Waals surface area contributed by atoms with Crippen molar-refractivity contribution in [2.75, 3.05) is 16.8 Å². The van der Waals surface area contributed by atoms with E-state index in [-0.39, 0.29) is 29.2 Å². The van der Waals surface area contributed by atoms with E-state index in [0.717, 1.165) is 18.5 Å². The van der Waals surface area contributed by atoms with Crippen LogP contribution in [0.4, 0.5) is 5.69 Å². The van der Waals surface area contributed by atoms with Crippen molar-refractivity contribution in [3.8, 4) is 0 Å². The van der Waals surface area contributed by atoms with Crippen LogP contribution < -0.4 is 5.32 Å². The quantitative estimate of drug-likeness (QED) is 0.594. The van der Waals surface area contributed by atoms with Crippen molar-refractivity contribution in [3.05, 3.63) is 52.8 Å². The molecule has 166 valence electrons. The first-order valence-corrected chi connectivity index (χ1v) is 12.6. The average molecular weight is 453 g/mol. The van der Waals surface area contributed by atoms with Crippen molar-refractivity contribution >= 4 is 38.2 Å². The lowest BCUT2D eigenvalue weighted by molar-refractivity contribution is 0.101. The Morgan fingerprint density at radius 3 is 2.59 bits per heavy atom. The van der Waals surface area contributed by atoms with E-state index in [4.69, 9.17) is 4.98 Å². The van der Waals surface area contributed by atoms with Gasteiger partial charge in [-0.15, -0.1) is 0 Å². The van der Waals surface area contributed by atoms with Gasteiger partial charge in [0, 0.05) is 22.9 Å². The van der Waals surface area contributed by atoms with Gasteiger partial charge in [-0.05, 0) is 51.3 Å². The Kier molecular flexibility index (Phi) is 4.88. The summed E-state index contributed by atoms with van der Waals surface area (Å²) >= 11 is 0. The van der Waals surface area contributed by atoms with Gasteiger partial charge in [0.15, 0.2) is 21.3 Å². The molecular formula is C23H24N4O4S. The van der Waals surface area contributed by atoms with Crippen molar-refractivity contribution in [1.82, 2.24) is 14.8 Å². The number of anilines is 1. The lowest BCUT2D eigenvalue weighted by atomic mass is 10.1. The summed E-state index contributed by atoms with van der Waals surface area (Å²) in [5.41, 5.74) is 3.57. The predicted octanol–water partition coefficient (Wildman–Crippen LogP) is 3.43. The molecule has 3 aromatic rings. The van der Waals surface area contributed by atoms with Crippen LogP contribution in [-0.2, 0) is 9.84 Å². The fourth-order valence-electron chi connectivity index (χ4n) is 4.34. The van der Waals surface area contributed by atoms with Crippen LogP contribution in [0.1, 0.15) is 70.2 Å². The Hall–Kier alpha value is -3.07. The number of carbonyl (C=O) groups excluding carboxylic acids is 2. The van der Waals surface area contributed by atoms with Gasteiger partial charge in [0.1, 0.15) is 0 Å². The highest BCUT2D eigenvalue weighted by Crippen LogP contribution is 2.41. The Labute approximate surface area is 185 Å². The van der Waals surface area contributed by atoms with Crippen molar-refractivity contribution in [2.45, 2.75) is 45.1 Å². The molecule has 8 nitrogen and oxygen atoms in total. The number of fused-ring (bicyclic) bond motifs is 1. The number of carbonyl (C=O) groups is 2. The molecule has 2 fully saturated rings. The number of sulfone groups is 1. The average Bonchev–Trinajstić information content (AvgIpc) is 3.46. The molecule has 1 atom stereocenters. The van der Waals surface area contributed by atoms with E-state index in [9.17, 15) is 18.0 Å². The first-order chi connectivity index (χ1) is 15.2. The van der Waals surface area contributed by atoms with Gasteiger partial charge in [-0.1, -0.05) is 12.1 Å². The molecule has 32 heavy (non-hydrogen) atoms. The Morgan fingerprint density at radius 2 is 1.94 bits per heavy atom. The summed E-state index contributed by atoms with van der Waals surface area (Å²) in [7, 11) is -3.09. The second-order valence-corrected chi connectivity index (χ2v) is 11.0. The highest BCUT2D eigenvalue weighted by Gasteiger charge is 2.34. The van der Waals surface area contributed by atoms with E-state index in [1.54, 1.807) is 28.9 Å². The molecule has 0 radical (unpaired) electrons. The molecule has 1 saturated heterocycles. The molecular weight excluding hydrogens is 428 g/mol. The zero-order valence-corrected chi connectivity index (χ0v) is 18.8. The van der Waals surface area contributed by atoms with Crippen molar-refractivity contribution in [2.24, 2.45) is 0 Å². The molecule has 2 aliphatic rings. The SMILES string of the molecule is CC(=O)c1cccc(NC(=O)c2cc(C3CC3)nc3c2c(C)nn3[C@H]2CCS(=O)(=O)C2)c1. The van der Waals surface area contributed by atoms with Gasteiger partial charge in [-0.25, -0.2) is 18.1 Å². The molecule has 0 unspecified atom stereocenters. The lowest BCUT2D eigenvalue weighted by Crippen LogP contribution is -2.15. The van der Waals surface area contributed by atoms with Gasteiger partial charge in [-0.2, -0.15) is 5.10 Å². The van der Waals surface area contributed by atoms with Crippen LogP contribution in [-0.4, -0.2) is 46.4 Å². The maximum Gasteiger partial charge on any atom is 0.256 e. The molecule has 0 spiro atoms. The third-order valence-corrected chi connectivity index (χ3v) is 7.93. The Morgan fingerprint density at radius 1 is 1.16 bits per heavy atom. The minimum atomic E-state index is -3.09. The monoisotopic (exact) mass is 452 g/mol. The summed E-state index contributed by atoms with van der Waals surface area (Å²) in [5.74, 6) is 0.106. The summed E-state index contributed by atoms with van der Waals surface area (Å²) in [4.78, 5) is 29.9. The molecule has 1 saturated carbocycles. The molecule has 9 heteroatoms. The number of ketones is 1. The standard InChI is InChI=1S/C23H24N4O4S/c1-13-21-19(23(29)24-17-5-3-4-16(10-17)14(2)28)11-20(15-6-7-15)25-22(21)27(26-13)18-8-9-32(30,31)12-18/h3-5,10-11,15,18H,6-9,12H2,1-2H3,(H,24,29)/t18-/m0/s1. The van der Waals surface area contributed by atoms with E-state index in [1.807, 2.05) is 13.0 Å². The predicted molar refractivity (Wildman–Crippen MR) is 121 cm³/mol. The Balaban J connectivity index is 1.59. The van der Waals surface area contributed by atoms with Crippen LogP contribution in [0, 0.1) is 6.92 Å². The van der Waals surface area contributed by atoms with Crippen LogP contribution in [0.15, 0.2) is 30.3 Å². The van der Waals surface area contributed by atoms with Crippen LogP contribution in [0.2, 0.25) is 0 Å². The van der Waals surface area contributed by atoms with E-state index < -0.39 is 9.84 Å². The lowest BCUT2D eigenvalue weighted by Gasteiger charge is -2.12. The van der Waals surface area contributed by atoms with Gasteiger partial charge in [-0.3, -0.25) is 9.59 Å². The summed E-state index contributed by atoms with van der Waals surface area (Å²) in [6.07, 6.45) is 2.53. The number of benzene rings is 1. The summed E-state index contributed by atoms with van der Waals surface area (Å²) in [6, 6.07) is 8.38. The van der Waals surface area contributed by atoms with E-state index in [1.165, 1.54) is 6.92 Å². The minimum absolute atomic E-state index is 0.0396. The zero-order valence-electron chi connectivity index (χ0n) is 18.0. The number of rotatable bonds is 5. The number of nitrogens with zero attached hydrogens (tertiary/aromatic N) is 3. The normalized spacial score (nSPS) is 19.9. The molecule has 1 amide bonds. The summed E-state index contributed by atoms with van der Waals surface area (Å²) < 4.78 is 25.8. The smallest absolute Gasteiger partial charge is 0.256 e. The van der Waals surface area contributed by atoms with Gasteiger partial charge >= 0.3 is 0 Å².